The van der Waals surface area contributed by atoms with Crippen molar-refractivity contribution in [2.24, 2.45) is 0 Å². The van der Waals surface area contributed by atoms with Crippen LogP contribution in [0, 0.1) is 32.1 Å². The summed E-state index contributed by atoms with van der Waals surface area (Å²) in [6.07, 6.45) is 1.77. The summed E-state index contributed by atoms with van der Waals surface area (Å²) < 4.78 is 0. The Morgan fingerprint density at radius 2 is 1.94 bits per heavy atom. The minimum absolute atomic E-state index is 0.251. The molecule has 1 unspecified atom stereocenters. The van der Waals surface area contributed by atoms with E-state index < -0.39 is 0 Å². The molecule has 84 valence electrons. The van der Waals surface area contributed by atoms with Crippen molar-refractivity contribution in [3.05, 3.63) is 47.0 Å². The molecule has 0 bridgehead atoms. The molecule has 1 aromatic rings. The highest BCUT2D eigenvalue weighted by Crippen LogP contribution is 2.23. The van der Waals surface area contributed by atoms with E-state index in [-0.39, 0.29) is 6.04 Å². The van der Waals surface area contributed by atoms with Crippen LogP contribution in [-0.2, 0) is 0 Å². The fourth-order valence-corrected chi connectivity index (χ4v) is 2.06. The second-order valence-electron chi connectivity index (χ2n) is 4.07. The van der Waals surface area contributed by atoms with Crippen molar-refractivity contribution in [3.63, 3.8) is 0 Å². The van der Waals surface area contributed by atoms with Gasteiger partial charge in [-0.2, -0.15) is 5.26 Å². The van der Waals surface area contributed by atoms with Gasteiger partial charge in [0.25, 0.3) is 0 Å². The number of aryl methyl sites for hydroxylation is 3. The summed E-state index contributed by atoms with van der Waals surface area (Å²) in [7, 11) is 0. The lowest BCUT2D eigenvalue weighted by Crippen LogP contribution is -2.21. The van der Waals surface area contributed by atoms with Crippen molar-refractivity contribution in [3.8, 4) is 6.07 Å². The van der Waals surface area contributed by atoms with Gasteiger partial charge in [-0.15, -0.1) is 6.58 Å². The zero-order chi connectivity index (χ0) is 12.1. The van der Waals surface area contributed by atoms with E-state index in [1.54, 1.807) is 6.08 Å². The Bertz CT molecular complexity index is 404. The van der Waals surface area contributed by atoms with Crippen LogP contribution in [0.2, 0.25) is 0 Å². The normalized spacial score (nSPS) is 11.9. The van der Waals surface area contributed by atoms with Gasteiger partial charge in [-0.3, -0.25) is 5.32 Å². The third-order valence-corrected chi connectivity index (χ3v) is 2.62. The van der Waals surface area contributed by atoms with E-state index >= 15 is 0 Å². The van der Waals surface area contributed by atoms with Crippen LogP contribution in [0.3, 0.4) is 0 Å². The largest absolute Gasteiger partial charge is 0.295 e. The quantitative estimate of drug-likeness (QED) is 0.782. The lowest BCUT2D eigenvalue weighted by Gasteiger charge is -2.16. The highest BCUT2D eigenvalue weighted by atomic mass is 14.9. The molecule has 0 radical (unpaired) electrons. The van der Waals surface area contributed by atoms with Gasteiger partial charge in [0.15, 0.2) is 0 Å². The highest BCUT2D eigenvalue weighted by molar-refractivity contribution is 5.41. The summed E-state index contributed by atoms with van der Waals surface area (Å²) in [5, 5.41) is 12.3. The van der Waals surface area contributed by atoms with Gasteiger partial charge in [0.05, 0.1) is 6.07 Å². The number of benzene rings is 1. The first kappa shape index (κ1) is 12.5. The van der Waals surface area contributed by atoms with Gasteiger partial charge in [0, 0.05) is 6.54 Å². The van der Waals surface area contributed by atoms with Gasteiger partial charge in [-0.05, 0) is 37.5 Å². The Balaban J connectivity index is 3.10. The first-order chi connectivity index (χ1) is 7.60. The molecule has 0 saturated carbocycles. The Morgan fingerprint density at radius 3 is 2.38 bits per heavy atom. The number of rotatable bonds is 4. The van der Waals surface area contributed by atoms with Gasteiger partial charge in [0.1, 0.15) is 6.04 Å². The maximum absolute atomic E-state index is 9.18. The van der Waals surface area contributed by atoms with Gasteiger partial charge < -0.3 is 0 Å². The molecule has 1 N–H and O–H groups in total. The maximum Gasteiger partial charge on any atom is 0.122 e. The minimum Gasteiger partial charge on any atom is -0.295 e. The molecule has 0 aliphatic carbocycles. The third kappa shape index (κ3) is 2.71. The van der Waals surface area contributed by atoms with E-state index in [0.29, 0.717) is 6.54 Å². The van der Waals surface area contributed by atoms with Gasteiger partial charge in [0.2, 0.25) is 0 Å². The van der Waals surface area contributed by atoms with E-state index in [0.717, 1.165) is 5.56 Å². The SMILES string of the molecule is C=CCNC(C#N)c1c(C)cc(C)cc1C. The van der Waals surface area contributed by atoms with E-state index in [2.05, 4.69) is 50.9 Å². The average molecular weight is 214 g/mol. The van der Waals surface area contributed by atoms with Gasteiger partial charge >= 0.3 is 0 Å². The van der Waals surface area contributed by atoms with E-state index in [4.69, 9.17) is 0 Å². The number of hydrogen-bond acceptors (Lipinski definition) is 2. The molecule has 16 heavy (non-hydrogen) atoms. The van der Waals surface area contributed by atoms with Crippen molar-refractivity contribution in [1.82, 2.24) is 5.32 Å². The Hall–Kier alpha value is -1.59. The smallest absolute Gasteiger partial charge is 0.122 e. The summed E-state index contributed by atoms with van der Waals surface area (Å²) in [5.41, 5.74) is 4.66. The molecule has 0 aliphatic rings. The molecule has 0 amide bonds. The van der Waals surface area contributed by atoms with Crippen LogP contribution in [0.4, 0.5) is 0 Å². The first-order valence-corrected chi connectivity index (χ1v) is 5.41. The van der Waals surface area contributed by atoms with E-state index in [1.165, 1.54) is 16.7 Å². The highest BCUT2D eigenvalue weighted by Gasteiger charge is 2.14. The molecule has 1 aromatic carbocycles. The van der Waals surface area contributed by atoms with Crippen LogP contribution >= 0.6 is 0 Å². The molecular formula is C14H18N2. The third-order valence-electron chi connectivity index (χ3n) is 2.62. The van der Waals surface area contributed by atoms with Crippen LogP contribution in [0.25, 0.3) is 0 Å². The van der Waals surface area contributed by atoms with Crippen molar-refractivity contribution in [2.45, 2.75) is 26.8 Å². The molecule has 2 nitrogen and oxygen atoms in total. The lowest BCUT2D eigenvalue weighted by atomic mass is 9.94. The van der Waals surface area contributed by atoms with Crippen molar-refractivity contribution in [1.29, 1.82) is 5.26 Å². The van der Waals surface area contributed by atoms with Crippen LogP contribution in [0.15, 0.2) is 24.8 Å². The Labute approximate surface area is 97.6 Å². The average Bonchev–Trinajstić information content (AvgIpc) is 2.21. The summed E-state index contributed by atoms with van der Waals surface area (Å²) in [6.45, 7) is 10.5. The van der Waals surface area contributed by atoms with Gasteiger partial charge in [-0.1, -0.05) is 23.8 Å². The number of nitriles is 1. The molecule has 0 spiro atoms. The molecule has 0 aliphatic heterocycles. The molecule has 1 rings (SSSR count). The summed E-state index contributed by atoms with van der Waals surface area (Å²) >= 11 is 0. The summed E-state index contributed by atoms with van der Waals surface area (Å²) in [6, 6.07) is 6.27. The first-order valence-electron chi connectivity index (χ1n) is 5.41. The van der Waals surface area contributed by atoms with E-state index in [1.807, 2.05) is 0 Å². The summed E-state index contributed by atoms with van der Waals surface area (Å²) in [4.78, 5) is 0. The Morgan fingerprint density at radius 1 is 1.38 bits per heavy atom. The predicted octanol–water partition coefficient (Wildman–Crippen LogP) is 2.95. The number of hydrogen-bond donors (Lipinski definition) is 1. The Kier molecular flexibility index (Phi) is 4.28. The molecule has 2 heteroatoms. The molecule has 1 atom stereocenters. The second kappa shape index (κ2) is 5.48. The zero-order valence-corrected chi connectivity index (χ0v) is 10.2. The topological polar surface area (TPSA) is 35.8 Å². The van der Waals surface area contributed by atoms with Crippen molar-refractivity contribution < 1.29 is 0 Å². The van der Waals surface area contributed by atoms with Gasteiger partial charge in [-0.25, -0.2) is 0 Å². The van der Waals surface area contributed by atoms with Crippen molar-refractivity contribution >= 4 is 0 Å². The number of nitrogens with one attached hydrogen (secondary N) is 1. The second-order valence-corrected chi connectivity index (χ2v) is 4.07. The maximum atomic E-state index is 9.18. The molecular weight excluding hydrogens is 196 g/mol. The summed E-state index contributed by atoms with van der Waals surface area (Å²) in [5.74, 6) is 0. The number of nitrogens with zero attached hydrogens (tertiary/aromatic N) is 1. The standard InChI is InChI=1S/C14H18N2/c1-5-6-16-13(9-15)14-11(3)7-10(2)8-12(14)4/h5,7-8,13,16H,1,6H2,2-4H3. The minimum atomic E-state index is -0.251. The molecule has 0 fully saturated rings. The van der Waals surface area contributed by atoms with Crippen LogP contribution < -0.4 is 5.32 Å². The lowest BCUT2D eigenvalue weighted by molar-refractivity contribution is 0.676. The predicted molar refractivity (Wildman–Crippen MR) is 67.2 cm³/mol. The molecule has 0 heterocycles. The molecule has 0 aromatic heterocycles. The van der Waals surface area contributed by atoms with Crippen LogP contribution in [-0.4, -0.2) is 6.54 Å². The fraction of sp³-hybridized carbons (Fsp3) is 0.357. The van der Waals surface area contributed by atoms with E-state index in [9.17, 15) is 5.26 Å². The zero-order valence-electron chi connectivity index (χ0n) is 10.2. The molecule has 0 saturated heterocycles. The monoisotopic (exact) mass is 214 g/mol. The van der Waals surface area contributed by atoms with Crippen molar-refractivity contribution in [2.75, 3.05) is 6.54 Å². The van der Waals surface area contributed by atoms with Crippen LogP contribution in [0.1, 0.15) is 28.3 Å². The fourth-order valence-electron chi connectivity index (χ4n) is 2.06. The van der Waals surface area contributed by atoms with Crippen LogP contribution in [0.5, 0.6) is 0 Å².